The molecule has 0 aliphatic rings. The van der Waals surface area contributed by atoms with Gasteiger partial charge in [0.15, 0.2) is 0 Å². The maximum absolute atomic E-state index is 13.2. The smallest absolute Gasteiger partial charge is 0.326 e. The van der Waals surface area contributed by atoms with Gasteiger partial charge in [-0.2, -0.15) is 0 Å². The van der Waals surface area contributed by atoms with Crippen LogP contribution in [0.1, 0.15) is 36.8 Å². The van der Waals surface area contributed by atoms with Crippen LogP contribution < -0.4 is 27.4 Å². The van der Waals surface area contributed by atoms with Gasteiger partial charge in [0.05, 0.1) is 12.5 Å². The molecule has 0 radical (unpaired) electrons. The molecule has 2 aromatic rings. The number of amides is 3. The van der Waals surface area contributed by atoms with E-state index >= 15 is 0 Å². The maximum Gasteiger partial charge on any atom is 0.326 e. The van der Waals surface area contributed by atoms with Crippen molar-refractivity contribution in [3.05, 3.63) is 71.8 Å². The fraction of sp³-hybridized carbons (Fsp3) is 0.393. The second-order valence-electron chi connectivity index (χ2n) is 9.39. The van der Waals surface area contributed by atoms with Gasteiger partial charge in [-0.25, -0.2) is 4.79 Å². The summed E-state index contributed by atoms with van der Waals surface area (Å²) in [6.45, 7) is 0.359. The van der Waals surface area contributed by atoms with Crippen molar-refractivity contribution in [3.8, 4) is 0 Å². The summed E-state index contributed by atoms with van der Waals surface area (Å²) in [6.07, 6.45) is 0.579. The third kappa shape index (κ3) is 11.2. The molecule has 4 atom stereocenters. The lowest BCUT2D eigenvalue weighted by atomic mass is 10.0. The first-order valence-electron chi connectivity index (χ1n) is 13.0. The Morgan fingerprint density at radius 3 is 1.70 bits per heavy atom. The molecule has 4 unspecified atom stereocenters. The van der Waals surface area contributed by atoms with E-state index in [9.17, 15) is 34.2 Å². The number of carboxylic acids is 2. The minimum absolute atomic E-state index is 0.0489. The van der Waals surface area contributed by atoms with Crippen molar-refractivity contribution in [3.63, 3.8) is 0 Å². The molecule has 0 spiro atoms. The molecule has 0 aromatic heterocycles. The van der Waals surface area contributed by atoms with Gasteiger partial charge in [-0.3, -0.25) is 19.2 Å². The van der Waals surface area contributed by atoms with E-state index in [-0.39, 0.29) is 19.3 Å². The van der Waals surface area contributed by atoms with E-state index in [2.05, 4.69) is 16.0 Å². The molecule has 0 bridgehead atoms. The number of unbranched alkanes of at least 4 members (excludes halogenated alkanes) is 1. The van der Waals surface area contributed by atoms with Gasteiger partial charge in [0.25, 0.3) is 0 Å². The SMILES string of the molecule is NCCCCC(NC(=O)C(N)Cc1ccccc1)C(=O)NC(CC(=O)O)C(=O)NC(Cc1ccccc1)C(=O)O. The van der Waals surface area contributed by atoms with Crippen molar-refractivity contribution in [2.24, 2.45) is 11.5 Å². The highest BCUT2D eigenvalue weighted by Gasteiger charge is 2.31. The summed E-state index contributed by atoms with van der Waals surface area (Å²) in [5.41, 5.74) is 13.1. The second-order valence-corrected chi connectivity index (χ2v) is 9.39. The van der Waals surface area contributed by atoms with E-state index in [0.29, 0.717) is 24.9 Å². The molecule has 0 heterocycles. The molecule has 9 N–H and O–H groups in total. The van der Waals surface area contributed by atoms with E-state index < -0.39 is 60.2 Å². The normalized spacial score (nSPS) is 13.8. The third-order valence-corrected chi connectivity index (χ3v) is 6.12. The lowest BCUT2D eigenvalue weighted by molar-refractivity contribution is -0.143. The zero-order valence-corrected chi connectivity index (χ0v) is 22.1. The van der Waals surface area contributed by atoms with Gasteiger partial charge in [-0.1, -0.05) is 60.7 Å². The Labute approximate surface area is 232 Å². The van der Waals surface area contributed by atoms with Crippen molar-refractivity contribution in [2.45, 2.75) is 62.7 Å². The number of nitrogens with one attached hydrogen (secondary N) is 3. The fourth-order valence-corrected chi connectivity index (χ4v) is 3.98. The van der Waals surface area contributed by atoms with Crippen LogP contribution in [0.5, 0.6) is 0 Å². The summed E-state index contributed by atoms with van der Waals surface area (Å²) in [7, 11) is 0. The van der Waals surface area contributed by atoms with E-state index in [0.717, 1.165) is 5.56 Å². The Kier molecular flexibility index (Phi) is 13.3. The van der Waals surface area contributed by atoms with Gasteiger partial charge in [0.1, 0.15) is 18.1 Å². The van der Waals surface area contributed by atoms with Gasteiger partial charge in [-0.05, 0) is 43.4 Å². The van der Waals surface area contributed by atoms with Crippen LogP contribution in [-0.4, -0.2) is 70.6 Å². The number of benzene rings is 2. The van der Waals surface area contributed by atoms with Crippen molar-refractivity contribution in [1.82, 2.24) is 16.0 Å². The predicted molar refractivity (Wildman–Crippen MR) is 147 cm³/mol. The highest BCUT2D eigenvalue weighted by molar-refractivity contribution is 5.95. The van der Waals surface area contributed by atoms with E-state index in [1.165, 1.54) is 0 Å². The Hall–Kier alpha value is -4.29. The van der Waals surface area contributed by atoms with Crippen LogP contribution in [0.4, 0.5) is 0 Å². The van der Waals surface area contributed by atoms with Crippen LogP contribution in [0.15, 0.2) is 60.7 Å². The fourth-order valence-electron chi connectivity index (χ4n) is 3.98. The predicted octanol–water partition coefficient (Wildman–Crippen LogP) is -0.0582. The highest BCUT2D eigenvalue weighted by atomic mass is 16.4. The largest absolute Gasteiger partial charge is 0.481 e. The number of nitrogens with two attached hydrogens (primary N) is 2. The lowest BCUT2D eigenvalue weighted by Crippen LogP contribution is -2.57. The molecule has 12 nitrogen and oxygen atoms in total. The van der Waals surface area contributed by atoms with Crippen LogP contribution >= 0.6 is 0 Å². The Morgan fingerprint density at radius 1 is 0.675 bits per heavy atom. The van der Waals surface area contributed by atoms with Gasteiger partial charge in [-0.15, -0.1) is 0 Å². The Morgan fingerprint density at radius 2 is 1.18 bits per heavy atom. The molecule has 2 rings (SSSR count). The topological polar surface area (TPSA) is 214 Å². The number of carbonyl (C=O) groups excluding carboxylic acids is 3. The van der Waals surface area contributed by atoms with Crippen molar-refractivity contribution in [2.75, 3.05) is 6.54 Å². The van der Waals surface area contributed by atoms with Crippen LogP contribution in [0.2, 0.25) is 0 Å². The minimum Gasteiger partial charge on any atom is -0.481 e. The quantitative estimate of drug-likeness (QED) is 0.130. The first-order chi connectivity index (χ1) is 19.1. The molecule has 0 saturated heterocycles. The van der Waals surface area contributed by atoms with Crippen LogP contribution in [0.3, 0.4) is 0 Å². The summed E-state index contributed by atoms with van der Waals surface area (Å²) in [6, 6.07) is 12.6. The summed E-state index contributed by atoms with van der Waals surface area (Å²) < 4.78 is 0. The Bertz CT molecular complexity index is 1130. The summed E-state index contributed by atoms with van der Waals surface area (Å²) in [5, 5.41) is 26.2. The molecule has 216 valence electrons. The molecule has 0 aliphatic carbocycles. The van der Waals surface area contributed by atoms with E-state index in [1.54, 1.807) is 30.3 Å². The van der Waals surface area contributed by atoms with Gasteiger partial charge < -0.3 is 37.6 Å². The van der Waals surface area contributed by atoms with Crippen LogP contribution in [0, 0.1) is 0 Å². The molecule has 12 heteroatoms. The van der Waals surface area contributed by atoms with E-state index in [1.807, 2.05) is 30.3 Å². The zero-order chi connectivity index (χ0) is 29.5. The molecular formula is C28H37N5O7. The van der Waals surface area contributed by atoms with Crippen LogP contribution in [0.25, 0.3) is 0 Å². The first kappa shape index (κ1) is 31.9. The van der Waals surface area contributed by atoms with Gasteiger partial charge >= 0.3 is 11.9 Å². The van der Waals surface area contributed by atoms with Gasteiger partial charge in [0, 0.05) is 6.42 Å². The number of hydrogen-bond acceptors (Lipinski definition) is 7. The van der Waals surface area contributed by atoms with E-state index in [4.69, 9.17) is 11.5 Å². The van der Waals surface area contributed by atoms with Crippen molar-refractivity contribution >= 4 is 29.7 Å². The lowest BCUT2D eigenvalue weighted by Gasteiger charge is -2.24. The molecule has 0 saturated carbocycles. The molecule has 3 amide bonds. The van der Waals surface area contributed by atoms with Crippen molar-refractivity contribution in [1.29, 1.82) is 0 Å². The molecule has 2 aromatic carbocycles. The maximum atomic E-state index is 13.2. The molecule has 0 fully saturated rings. The number of carboxylic acid groups (broad SMARTS) is 2. The summed E-state index contributed by atoms with van der Waals surface area (Å²) in [5.74, 6) is -5.08. The summed E-state index contributed by atoms with van der Waals surface area (Å²) in [4.78, 5) is 62.2. The first-order valence-corrected chi connectivity index (χ1v) is 13.0. The number of rotatable bonds is 17. The number of aliphatic carboxylic acids is 2. The third-order valence-electron chi connectivity index (χ3n) is 6.12. The number of carbonyl (C=O) groups is 5. The van der Waals surface area contributed by atoms with Gasteiger partial charge in [0.2, 0.25) is 17.7 Å². The second kappa shape index (κ2) is 16.6. The number of hydrogen-bond donors (Lipinski definition) is 7. The Balaban J connectivity index is 2.13. The molecule has 0 aliphatic heterocycles. The van der Waals surface area contributed by atoms with Crippen molar-refractivity contribution < 1.29 is 34.2 Å². The summed E-state index contributed by atoms with van der Waals surface area (Å²) >= 11 is 0. The average molecular weight is 556 g/mol. The zero-order valence-electron chi connectivity index (χ0n) is 22.1. The molecular weight excluding hydrogens is 518 g/mol. The average Bonchev–Trinajstić information content (AvgIpc) is 2.92. The standard InChI is InChI=1S/C28H37N5O7/c29-14-8-7-13-21(31-25(36)20(30)15-18-9-3-1-4-10-18)26(37)32-22(17-24(34)35)27(38)33-23(28(39)40)16-19-11-5-2-6-12-19/h1-6,9-12,20-23H,7-8,13-17,29-30H2,(H,31,36)(H,32,37)(H,33,38)(H,34,35)(H,39,40). The highest BCUT2D eigenvalue weighted by Crippen LogP contribution is 2.08. The minimum atomic E-state index is -1.59. The molecule has 40 heavy (non-hydrogen) atoms. The monoisotopic (exact) mass is 555 g/mol. The van der Waals surface area contributed by atoms with Crippen LogP contribution in [-0.2, 0) is 36.8 Å².